The summed E-state index contributed by atoms with van der Waals surface area (Å²) < 4.78 is 0.159. The molecule has 23 heavy (non-hydrogen) atoms. The maximum Gasteiger partial charge on any atom is 0.277 e. The average Bonchev–Trinajstić information content (AvgIpc) is 2.44. The van der Waals surface area contributed by atoms with Crippen LogP contribution in [0.25, 0.3) is 11.1 Å². The van der Waals surface area contributed by atoms with E-state index in [-0.39, 0.29) is 43.7 Å². The molecule has 0 fully saturated rings. The number of hydrogen-bond acceptors (Lipinski definition) is 5. The lowest BCUT2D eigenvalue weighted by molar-refractivity contribution is -0.386. The Bertz CT molecular complexity index is 941. The highest BCUT2D eigenvalue weighted by atomic mass is 79.9. The number of H-pyrrole nitrogens is 1. The number of halogens is 1. The Morgan fingerprint density at radius 1 is 1.35 bits per heavy atom. The maximum absolute atomic E-state index is 12.0. The van der Waals surface area contributed by atoms with Gasteiger partial charge in [-0.25, -0.2) is 0 Å². The molecular weight excluding hydrogens is 366 g/mol. The van der Waals surface area contributed by atoms with Gasteiger partial charge >= 0.3 is 0 Å². The van der Waals surface area contributed by atoms with Crippen molar-refractivity contribution in [1.82, 2.24) is 4.98 Å². The molecule has 7 nitrogen and oxygen atoms in total. The van der Waals surface area contributed by atoms with E-state index in [1.807, 2.05) is 0 Å². The van der Waals surface area contributed by atoms with E-state index in [0.717, 1.165) is 0 Å². The predicted octanol–water partition coefficient (Wildman–Crippen LogP) is 3.22. The molecule has 0 aliphatic heterocycles. The van der Waals surface area contributed by atoms with Crippen molar-refractivity contribution in [2.45, 2.75) is 20.8 Å². The second-order valence-electron chi connectivity index (χ2n) is 5.08. The number of rotatable bonds is 2. The van der Waals surface area contributed by atoms with Crippen LogP contribution in [-0.4, -0.2) is 15.0 Å². The first kappa shape index (κ1) is 16.7. The summed E-state index contributed by atoms with van der Waals surface area (Å²) in [6.07, 6.45) is 0. The van der Waals surface area contributed by atoms with Gasteiger partial charge in [0.05, 0.1) is 9.40 Å². The van der Waals surface area contributed by atoms with Gasteiger partial charge in [-0.15, -0.1) is 0 Å². The molecule has 0 spiro atoms. The van der Waals surface area contributed by atoms with Crippen molar-refractivity contribution >= 4 is 21.6 Å². The zero-order valence-electron chi connectivity index (χ0n) is 12.5. The largest absolute Gasteiger partial charge is 0.506 e. The van der Waals surface area contributed by atoms with E-state index in [0.29, 0.717) is 5.69 Å². The molecule has 1 aromatic carbocycles. The van der Waals surface area contributed by atoms with Crippen LogP contribution in [0.1, 0.15) is 22.4 Å². The summed E-state index contributed by atoms with van der Waals surface area (Å²) in [4.78, 5) is 25.2. The van der Waals surface area contributed by atoms with Crippen LogP contribution in [0.5, 0.6) is 5.75 Å². The first-order valence-electron chi connectivity index (χ1n) is 6.51. The molecule has 0 atom stereocenters. The van der Waals surface area contributed by atoms with E-state index in [1.54, 1.807) is 13.0 Å². The summed E-state index contributed by atoms with van der Waals surface area (Å²) in [7, 11) is 0. The molecule has 118 valence electrons. The van der Waals surface area contributed by atoms with Crippen molar-refractivity contribution in [1.29, 1.82) is 5.26 Å². The first-order valence-corrected chi connectivity index (χ1v) is 7.30. The third-order valence-corrected chi connectivity index (χ3v) is 4.56. The van der Waals surface area contributed by atoms with Crippen molar-refractivity contribution in [3.05, 3.63) is 53.4 Å². The van der Waals surface area contributed by atoms with Crippen LogP contribution in [0.2, 0.25) is 0 Å². The quantitative estimate of drug-likeness (QED) is 0.614. The fraction of sp³-hybridized carbons (Fsp3) is 0.200. The molecule has 2 rings (SSSR count). The summed E-state index contributed by atoms with van der Waals surface area (Å²) in [6.45, 7) is 4.60. The smallest absolute Gasteiger partial charge is 0.277 e. The predicted molar refractivity (Wildman–Crippen MR) is 87.4 cm³/mol. The van der Waals surface area contributed by atoms with Gasteiger partial charge in [-0.3, -0.25) is 14.9 Å². The number of phenols is 1. The van der Waals surface area contributed by atoms with Crippen molar-refractivity contribution in [3.8, 4) is 22.9 Å². The lowest BCUT2D eigenvalue weighted by atomic mass is 9.93. The molecule has 1 heterocycles. The number of aromatic hydroxyl groups is 1. The summed E-state index contributed by atoms with van der Waals surface area (Å²) in [6, 6.07) is 3.29. The van der Waals surface area contributed by atoms with E-state index >= 15 is 0 Å². The SMILES string of the molecule is Cc1cc(-c2c(C)c([N+](=O)[O-])c(C)c(Br)c2O)c(C#N)c(=O)[nH]1. The number of pyridine rings is 1. The number of phenolic OH excluding ortho intramolecular Hbond substituents is 1. The molecule has 0 amide bonds. The topological polar surface area (TPSA) is 120 Å². The van der Waals surface area contributed by atoms with Gasteiger partial charge in [-0.05, 0) is 42.8 Å². The Kier molecular flexibility index (Phi) is 4.25. The zero-order valence-corrected chi connectivity index (χ0v) is 14.1. The molecule has 8 heteroatoms. The Morgan fingerprint density at radius 3 is 2.48 bits per heavy atom. The summed E-state index contributed by atoms with van der Waals surface area (Å²) in [5.41, 5.74) is 0.198. The lowest BCUT2D eigenvalue weighted by Gasteiger charge is -2.15. The fourth-order valence-corrected chi connectivity index (χ4v) is 2.95. The van der Waals surface area contributed by atoms with Gasteiger partial charge in [-0.2, -0.15) is 5.26 Å². The van der Waals surface area contributed by atoms with Crippen LogP contribution >= 0.6 is 15.9 Å². The molecule has 0 aliphatic rings. The number of aromatic nitrogens is 1. The van der Waals surface area contributed by atoms with Crippen molar-refractivity contribution in [2.75, 3.05) is 0 Å². The highest BCUT2D eigenvalue weighted by molar-refractivity contribution is 9.10. The minimum absolute atomic E-state index is 0.0972. The van der Waals surface area contributed by atoms with E-state index in [1.165, 1.54) is 19.9 Å². The average molecular weight is 378 g/mol. The molecule has 2 N–H and O–H groups in total. The minimum Gasteiger partial charge on any atom is -0.506 e. The number of aryl methyl sites for hydroxylation is 1. The Balaban J connectivity index is 3.05. The summed E-state index contributed by atoms with van der Waals surface area (Å²) in [5, 5.41) is 31.0. The Hall–Kier alpha value is -2.66. The molecule has 0 unspecified atom stereocenters. The van der Waals surface area contributed by atoms with E-state index in [4.69, 9.17) is 0 Å². The molecule has 0 bridgehead atoms. The fourth-order valence-electron chi connectivity index (χ4n) is 2.57. The highest BCUT2D eigenvalue weighted by Crippen LogP contribution is 2.45. The molecule has 0 saturated carbocycles. The zero-order chi connectivity index (χ0) is 17.5. The number of benzene rings is 1. The molecular formula is C15H12BrN3O4. The van der Waals surface area contributed by atoms with Crippen LogP contribution in [-0.2, 0) is 0 Å². The highest BCUT2D eigenvalue weighted by Gasteiger charge is 2.27. The van der Waals surface area contributed by atoms with Crippen LogP contribution < -0.4 is 5.56 Å². The third-order valence-electron chi connectivity index (χ3n) is 3.59. The van der Waals surface area contributed by atoms with Crippen molar-refractivity contribution in [2.24, 2.45) is 0 Å². The third kappa shape index (κ3) is 2.59. The van der Waals surface area contributed by atoms with E-state index in [2.05, 4.69) is 20.9 Å². The molecule has 2 aromatic rings. The van der Waals surface area contributed by atoms with Gasteiger partial charge in [0.2, 0.25) is 0 Å². The van der Waals surface area contributed by atoms with E-state index in [9.17, 15) is 25.3 Å². The number of nitro benzene ring substituents is 1. The summed E-state index contributed by atoms with van der Waals surface area (Å²) >= 11 is 3.14. The van der Waals surface area contributed by atoms with Crippen molar-refractivity contribution < 1.29 is 10.0 Å². The van der Waals surface area contributed by atoms with E-state index < -0.39 is 10.5 Å². The molecule has 0 aliphatic carbocycles. The lowest BCUT2D eigenvalue weighted by Crippen LogP contribution is -2.13. The van der Waals surface area contributed by atoms with Gasteiger partial charge in [0.25, 0.3) is 11.2 Å². The number of hydrogen-bond donors (Lipinski definition) is 2. The summed E-state index contributed by atoms with van der Waals surface area (Å²) in [5.74, 6) is -0.243. The molecule has 1 aromatic heterocycles. The second kappa shape index (κ2) is 5.85. The Labute approximate surface area is 139 Å². The van der Waals surface area contributed by atoms with Gasteiger partial charge < -0.3 is 10.1 Å². The maximum atomic E-state index is 12.0. The normalized spacial score (nSPS) is 10.4. The number of aromatic amines is 1. The molecule has 0 saturated heterocycles. The Morgan fingerprint density at radius 2 is 1.96 bits per heavy atom. The number of nitriles is 1. The van der Waals surface area contributed by atoms with Crippen LogP contribution in [0.15, 0.2) is 15.3 Å². The monoisotopic (exact) mass is 377 g/mol. The van der Waals surface area contributed by atoms with Crippen LogP contribution in [0.4, 0.5) is 5.69 Å². The number of nitrogens with zero attached hydrogens (tertiary/aromatic N) is 2. The van der Waals surface area contributed by atoms with Gasteiger partial charge in [0.15, 0.2) is 0 Å². The van der Waals surface area contributed by atoms with Crippen molar-refractivity contribution in [3.63, 3.8) is 0 Å². The van der Waals surface area contributed by atoms with Gasteiger partial charge in [0, 0.05) is 27.9 Å². The van der Waals surface area contributed by atoms with Crippen LogP contribution in [0, 0.1) is 42.2 Å². The van der Waals surface area contributed by atoms with Gasteiger partial charge in [0.1, 0.15) is 17.4 Å². The first-order chi connectivity index (χ1) is 10.7. The number of nitro groups is 1. The number of nitrogens with one attached hydrogen (secondary N) is 1. The standard InChI is InChI=1S/C15H12BrN3O4/c1-6-4-9(10(5-17)15(21)18-6)11-7(2)13(19(22)23)8(3)12(16)14(11)20/h4,20H,1-3H3,(H,18,21). The minimum atomic E-state index is -0.611. The molecule has 0 radical (unpaired) electrons. The van der Waals surface area contributed by atoms with Crippen LogP contribution in [0.3, 0.4) is 0 Å². The second-order valence-corrected chi connectivity index (χ2v) is 5.87. The van der Waals surface area contributed by atoms with Gasteiger partial charge in [-0.1, -0.05) is 0 Å².